The third kappa shape index (κ3) is 2.40. The first-order chi connectivity index (χ1) is 6.15. The third-order valence-electron chi connectivity index (χ3n) is 1.92. The molecule has 4 N–H and O–H groups in total. The number of anilines is 1. The molecule has 0 radical (unpaired) electrons. The molecule has 1 rings (SSSR count). The fraction of sp³-hybridized carbons (Fsp3) is 0.444. The molecule has 1 heterocycles. The second-order valence-electron chi connectivity index (χ2n) is 3.03. The Morgan fingerprint density at radius 1 is 1.62 bits per heavy atom. The van der Waals surface area contributed by atoms with Gasteiger partial charge in [0.25, 0.3) is 0 Å². The SMILES string of the molecule is COC[C@H](N)c1cnc(N)cc1C. The topological polar surface area (TPSA) is 74.2 Å². The first-order valence-electron chi connectivity index (χ1n) is 4.11. The Kier molecular flexibility index (Phi) is 3.22. The highest BCUT2D eigenvalue weighted by molar-refractivity contribution is 5.37. The van der Waals surface area contributed by atoms with Crippen molar-refractivity contribution < 1.29 is 4.74 Å². The standard InChI is InChI=1S/C9H15N3O/c1-6-3-9(11)12-4-7(6)8(10)5-13-2/h3-4,8H,5,10H2,1-2H3,(H2,11,12)/t8-/m0/s1. The van der Waals surface area contributed by atoms with Crippen LogP contribution in [-0.4, -0.2) is 18.7 Å². The van der Waals surface area contributed by atoms with E-state index < -0.39 is 0 Å². The Morgan fingerprint density at radius 2 is 2.31 bits per heavy atom. The van der Waals surface area contributed by atoms with Crippen molar-refractivity contribution in [3.8, 4) is 0 Å². The Bertz CT molecular complexity index is 288. The number of nitrogens with two attached hydrogens (primary N) is 2. The molecule has 1 aromatic rings. The van der Waals surface area contributed by atoms with Crippen LogP contribution >= 0.6 is 0 Å². The van der Waals surface area contributed by atoms with E-state index in [1.165, 1.54) is 0 Å². The van der Waals surface area contributed by atoms with Crippen molar-refractivity contribution in [2.45, 2.75) is 13.0 Å². The summed E-state index contributed by atoms with van der Waals surface area (Å²) in [6.07, 6.45) is 1.70. The minimum Gasteiger partial charge on any atom is -0.384 e. The highest BCUT2D eigenvalue weighted by Gasteiger charge is 2.08. The molecule has 4 heteroatoms. The molecule has 0 spiro atoms. The van der Waals surface area contributed by atoms with Crippen molar-refractivity contribution in [1.82, 2.24) is 4.98 Å². The zero-order chi connectivity index (χ0) is 9.84. The van der Waals surface area contributed by atoms with Crippen LogP contribution in [0.25, 0.3) is 0 Å². The molecule has 0 saturated carbocycles. The molecule has 0 aliphatic heterocycles. The number of aryl methyl sites for hydroxylation is 1. The highest BCUT2D eigenvalue weighted by atomic mass is 16.5. The van der Waals surface area contributed by atoms with Gasteiger partial charge in [-0.1, -0.05) is 0 Å². The van der Waals surface area contributed by atoms with E-state index in [1.807, 2.05) is 13.0 Å². The number of hydrogen-bond donors (Lipinski definition) is 2. The first-order valence-corrected chi connectivity index (χ1v) is 4.11. The van der Waals surface area contributed by atoms with E-state index in [2.05, 4.69) is 4.98 Å². The summed E-state index contributed by atoms with van der Waals surface area (Å²) in [6.45, 7) is 2.45. The second kappa shape index (κ2) is 4.20. The Labute approximate surface area is 77.9 Å². The molecule has 72 valence electrons. The Hall–Kier alpha value is -1.13. The lowest BCUT2D eigenvalue weighted by Gasteiger charge is -2.13. The van der Waals surface area contributed by atoms with Gasteiger partial charge >= 0.3 is 0 Å². The van der Waals surface area contributed by atoms with Gasteiger partial charge in [-0.05, 0) is 24.1 Å². The fourth-order valence-corrected chi connectivity index (χ4v) is 1.25. The lowest BCUT2D eigenvalue weighted by molar-refractivity contribution is 0.180. The zero-order valence-corrected chi connectivity index (χ0v) is 7.95. The summed E-state index contributed by atoms with van der Waals surface area (Å²) in [4.78, 5) is 3.99. The number of hydrogen-bond acceptors (Lipinski definition) is 4. The zero-order valence-electron chi connectivity index (χ0n) is 7.95. The van der Waals surface area contributed by atoms with Crippen LogP contribution in [0.2, 0.25) is 0 Å². The van der Waals surface area contributed by atoms with Crippen LogP contribution in [0.1, 0.15) is 17.2 Å². The molecular formula is C9H15N3O. The molecule has 0 aliphatic carbocycles. The van der Waals surface area contributed by atoms with Crippen LogP contribution in [0.5, 0.6) is 0 Å². The average molecular weight is 181 g/mol. The van der Waals surface area contributed by atoms with E-state index in [-0.39, 0.29) is 6.04 Å². The molecule has 0 aliphatic rings. The molecule has 0 saturated heterocycles. The first kappa shape index (κ1) is 9.95. The Morgan fingerprint density at radius 3 is 2.85 bits per heavy atom. The number of ether oxygens (including phenoxy) is 1. The van der Waals surface area contributed by atoms with Gasteiger partial charge in [0, 0.05) is 13.3 Å². The number of nitrogens with zero attached hydrogens (tertiary/aromatic N) is 1. The lowest BCUT2D eigenvalue weighted by Crippen LogP contribution is -2.17. The summed E-state index contributed by atoms with van der Waals surface area (Å²) in [5.74, 6) is 0.519. The minimum absolute atomic E-state index is 0.127. The average Bonchev–Trinajstić information content (AvgIpc) is 2.04. The van der Waals surface area contributed by atoms with Crippen molar-refractivity contribution in [3.63, 3.8) is 0 Å². The van der Waals surface area contributed by atoms with E-state index in [9.17, 15) is 0 Å². The molecular weight excluding hydrogens is 166 g/mol. The summed E-state index contributed by atoms with van der Waals surface area (Å²) in [5, 5.41) is 0. The maximum atomic E-state index is 5.85. The van der Waals surface area contributed by atoms with E-state index in [4.69, 9.17) is 16.2 Å². The minimum atomic E-state index is -0.127. The van der Waals surface area contributed by atoms with Crippen LogP contribution in [-0.2, 0) is 4.74 Å². The molecule has 13 heavy (non-hydrogen) atoms. The van der Waals surface area contributed by atoms with Crippen LogP contribution in [0, 0.1) is 6.92 Å². The third-order valence-corrected chi connectivity index (χ3v) is 1.92. The van der Waals surface area contributed by atoms with Gasteiger partial charge in [-0.25, -0.2) is 4.98 Å². The van der Waals surface area contributed by atoms with E-state index in [1.54, 1.807) is 13.3 Å². The largest absolute Gasteiger partial charge is 0.384 e. The Balaban J connectivity index is 2.88. The molecule has 0 fully saturated rings. The summed E-state index contributed by atoms with van der Waals surface area (Å²) in [6, 6.07) is 1.68. The summed E-state index contributed by atoms with van der Waals surface area (Å²) in [5.41, 5.74) is 13.4. The quantitative estimate of drug-likeness (QED) is 0.716. The second-order valence-corrected chi connectivity index (χ2v) is 3.03. The van der Waals surface area contributed by atoms with Crippen LogP contribution < -0.4 is 11.5 Å². The number of rotatable bonds is 3. The fourth-order valence-electron chi connectivity index (χ4n) is 1.25. The summed E-state index contributed by atoms with van der Waals surface area (Å²) < 4.78 is 4.96. The monoisotopic (exact) mass is 181 g/mol. The molecule has 0 unspecified atom stereocenters. The van der Waals surface area contributed by atoms with Crippen molar-refractivity contribution in [2.75, 3.05) is 19.5 Å². The van der Waals surface area contributed by atoms with Crippen LogP contribution in [0.4, 0.5) is 5.82 Å². The molecule has 0 aromatic carbocycles. The molecule has 1 aromatic heterocycles. The van der Waals surface area contributed by atoms with Crippen molar-refractivity contribution in [2.24, 2.45) is 5.73 Å². The van der Waals surface area contributed by atoms with Crippen molar-refractivity contribution >= 4 is 5.82 Å². The number of aromatic nitrogens is 1. The van der Waals surface area contributed by atoms with Gasteiger partial charge in [-0.15, -0.1) is 0 Å². The van der Waals surface area contributed by atoms with E-state index in [0.717, 1.165) is 11.1 Å². The number of nitrogen functional groups attached to an aromatic ring is 1. The van der Waals surface area contributed by atoms with Gasteiger partial charge in [-0.2, -0.15) is 0 Å². The highest BCUT2D eigenvalue weighted by Crippen LogP contribution is 2.16. The maximum absolute atomic E-state index is 5.85. The van der Waals surface area contributed by atoms with Gasteiger partial charge < -0.3 is 16.2 Å². The van der Waals surface area contributed by atoms with Gasteiger partial charge in [0.2, 0.25) is 0 Å². The summed E-state index contributed by atoms with van der Waals surface area (Å²) in [7, 11) is 1.62. The normalized spacial score (nSPS) is 12.8. The van der Waals surface area contributed by atoms with Gasteiger partial charge in [0.15, 0.2) is 0 Å². The maximum Gasteiger partial charge on any atom is 0.123 e. The van der Waals surface area contributed by atoms with E-state index >= 15 is 0 Å². The predicted molar refractivity (Wildman–Crippen MR) is 52.2 cm³/mol. The van der Waals surface area contributed by atoms with Gasteiger partial charge in [0.05, 0.1) is 12.6 Å². The number of pyridine rings is 1. The molecule has 1 atom stereocenters. The van der Waals surface area contributed by atoms with Gasteiger partial charge in [-0.3, -0.25) is 0 Å². The molecule has 4 nitrogen and oxygen atoms in total. The predicted octanol–water partition coefficient (Wildman–Crippen LogP) is 0.618. The molecule has 0 amide bonds. The van der Waals surface area contributed by atoms with E-state index in [0.29, 0.717) is 12.4 Å². The lowest BCUT2D eigenvalue weighted by atomic mass is 10.1. The van der Waals surface area contributed by atoms with Crippen LogP contribution in [0.15, 0.2) is 12.3 Å². The van der Waals surface area contributed by atoms with Crippen LogP contribution in [0.3, 0.4) is 0 Å². The van der Waals surface area contributed by atoms with Gasteiger partial charge in [0.1, 0.15) is 5.82 Å². The smallest absolute Gasteiger partial charge is 0.123 e. The summed E-state index contributed by atoms with van der Waals surface area (Å²) >= 11 is 0. The molecule has 0 bridgehead atoms. The number of methoxy groups -OCH3 is 1. The van der Waals surface area contributed by atoms with Crippen molar-refractivity contribution in [3.05, 3.63) is 23.4 Å². The van der Waals surface area contributed by atoms with Crippen molar-refractivity contribution in [1.29, 1.82) is 0 Å².